The lowest BCUT2D eigenvalue weighted by molar-refractivity contribution is 0.995. The summed E-state index contributed by atoms with van der Waals surface area (Å²) in [6.07, 6.45) is 1.04. The Kier molecular flexibility index (Phi) is 4.20. The number of hydrogen-bond acceptors (Lipinski definition) is 3. The molecule has 0 bridgehead atoms. The van der Waals surface area contributed by atoms with Gasteiger partial charge in [0, 0.05) is 12.2 Å². The normalized spacial score (nSPS) is 9.23. The molecule has 2 nitrogen and oxygen atoms in total. The number of hydrogen-bond donors (Lipinski definition) is 2. The molecule has 0 saturated carbocycles. The lowest BCUT2D eigenvalue weighted by Gasteiger charge is -2.04. The third kappa shape index (κ3) is 3.39. The Morgan fingerprint density at radius 1 is 1.31 bits per heavy atom. The van der Waals surface area contributed by atoms with Gasteiger partial charge in [0.15, 0.2) is 0 Å². The van der Waals surface area contributed by atoms with Gasteiger partial charge in [0.2, 0.25) is 0 Å². The van der Waals surface area contributed by atoms with Crippen molar-refractivity contribution in [2.24, 2.45) is 0 Å². The lowest BCUT2D eigenvalue weighted by atomic mass is 10.2. The fourth-order valence-corrected chi connectivity index (χ4v) is 1.13. The monoisotopic (exact) mass is 192 g/mol. The summed E-state index contributed by atoms with van der Waals surface area (Å²) in [4.78, 5) is 0. The van der Waals surface area contributed by atoms with Crippen LogP contribution in [0, 0.1) is 11.3 Å². The van der Waals surface area contributed by atoms with Crippen LogP contribution in [-0.2, 0) is 0 Å². The van der Waals surface area contributed by atoms with Crippen LogP contribution in [0.25, 0.3) is 0 Å². The van der Waals surface area contributed by atoms with E-state index in [2.05, 4.69) is 24.0 Å². The van der Waals surface area contributed by atoms with Gasteiger partial charge in [-0.1, -0.05) is 0 Å². The van der Waals surface area contributed by atoms with E-state index < -0.39 is 0 Å². The highest BCUT2D eigenvalue weighted by molar-refractivity contribution is 7.80. The van der Waals surface area contributed by atoms with E-state index in [-0.39, 0.29) is 0 Å². The third-order valence-corrected chi connectivity index (χ3v) is 1.99. The van der Waals surface area contributed by atoms with Crippen molar-refractivity contribution in [3.8, 4) is 6.07 Å². The minimum absolute atomic E-state index is 0.694. The van der Waals surface area contributed by atoms with Crippen molar-refractivity contribution >= 4 is 18.3 Å². The van der Waals surface area contributed by atoms with Crippen molar-refractivity contribution < 1.29 is 0 Å². The number of nitrogens with zero attached hydrogens (tertiary/aromatic N) is 1. The molecule has 0 aliphatic carbocycles. The van der Waals surface area contributed by atoms with Crippen molar-refractivity contribution in [2.45, 2.75) is 6.42 Å². The van der Waals surface area contributed by atoms with E-state index in [1.807, 2.05) is 24.3 Å². The van der Waals surface area contributed by atoms with Gasteiger partial charge in [0.05, 0.1) is 11.6 Å². The molecule has 1 N–H and O–H groups in total. The van der Waals surface area contributed by atoms with Crippen molar-refractivity contribution in [1.82, 2.24) is 0 Å². The predicted octanol–water partition coefficient (Wildman–Crippen LogP) is 2.29. The Morgan fingerprint density at radius 3 is 2.54 bits per heavy atom. The van der Waals surface area contributed by atoms with Gasteiger partial charge in [0.25, 0.3) is 0 Å². The zero-order chi connectivity index (χ0) is 9.52. The van der Waals surface area contributed by atoms with E-state index in [4.69, 9.17) is 5.26 Å². The molecule has 13 heavy (non-hydrogen) atoms. The predicted molar refractivity (Wildman–Crippen MR) is 58.1 cm³/mol. The van der Waals surface area contributed by atoms with Crippen LogP contribution >= 0.6 is 12.6 Å². The molecule has 0 saturated heterocycles. The van der Waals surface area contributed by atoms with Crippen molar-refractivity contribution in [3.63, 3.8) is 0 Å². The molecular formula is C10H12N2S. The van der Waals surface area contributed by atoms with Crippen molar-refractivity contribution in [2.75, 3.05) is 17.6 Å². The summed E-state index contributed by atoms with van der Waals surface area (Å²) in [5.74, 6) is 0.892. The van der Waals surface area contributed by atoms with Crippen LogP contribution in [0.2, 0.25) is 0 Å². The Hall–Kier alpha value is -1.14. The molecule has 0 aromatic heterocycles. The third-order valence-electron chi connectivity index (χ3n) is 1.68. The average Bonchev–Trinajstić information content (AvgIpc) is 2.19. The molecule has 0 unspecified atom stereocenters. The standard InChI is InChI=1S/C10H12N2S/c11-8-9-2-4-10(5-3-9)12-6-1-7-13/h2-5,12-13H,1,6-7H2. The second kappa shape index (κ2) is 5.50. The van der Waals surface area contributed by atoms with Crippen LogP contribution in [0.5, 0.6) is 0 Å². The molecule has 0 atom stereocenters. The molecule has 68 valence electrons. The fourth-order valence-electron chi connectivity index (χ4n) is 0.974. The van der Waals surface area contributed by atoms with E-state index in [1.165, 1.54) is 0 Å². The lowest BCUT2D eigenvalue weighted by Crippen LogP contribution is -2.01. The highest BCUT2D eigenvalue weighted by Gasteiger charge is 1.91. The maximum Gasteiger partial charge on any atom is 0.0991 e. The molecule has 0 radical (unpaired) electrons. The van der Waals surface area contributed by atoms with Crippen LogP contribution in [0.3, 0.4) is 0 Å². The van der Waals surface area contributed by atoms with E-state index in [0.717, 1.165) is 24.4 Å². The number of nitrogens with one attached hydrogen (secondary N) is 1. The summed E-state index contributed by atoms with van der Waals surface area (Å²) < 4.78 is 0. The summed E-state index contributed by atoms with van der Waals surface area (Å²) in [6.45, 7) is 0.926. The Bertz CT molecular complexity index is 287. The topological polar surface area (TPSA) is 35.8 Å². The van der Waals surface area contributed by atoms with Gasteiger partial charge >= 0.3 is 0 Å². The fraction of sp³-hybridized carbons (Fsp3) is 0.300. The number of anilines is 1. The molecule has 1 aromatic rings. The van der Waals surface area contributed by atoms with Gasteiger partial charge in [-0.05, 0) is 36.4 Å². The van der Waals surface area contributed by atoms with Gasteiger partial charge < -0.3 is 5.32 Å². The Morgan fingerprint density at radius 2 is 2.00 bits per heavy atom. The highest BCUT2D eigenvalue weighted by atomic mass is 32.1. The maximum absolute atomic E-state index is 8.56. The van der Waals surface area contributed by atoms with Crippen LogP contribution in [0.1, 0.15) is 12.0 Å². The highest BCUT2D eigenvalue weighted by Crippen LogP contribution is 2.08. The Labute approximate surface area is 84.0 Å². The van der Waals surface area contributed by atoms with Gasteiger partial charge in [-0.15, -0.1) is 0 Å². The summed E-state index contributed by atoms with van der Waals surface area (Å²) in [5, 5.41) is 11.8. The van der Waals surface area contributed by atoms with Crippen LogP contribution in [0.4, 0.5) is 5.69 Å². The molecular weight excluding hydrogens is 180 g/mol. The van der Waals surface area contributed by atoms with Crippen LogP contribution in [-0.4, -0.2) is 12.3 Å². The number of benzene rings is 1. The first kappa shape index (κ1) is 9.94. The summed E-state index contributed by atoms with van der Waals surface area (Å²) >= 11 is 4.12. The smallest absolute Gasteiger partial charge is 0.0991 e. The molecule has 1 aromatic carbocycles. The van der Waals surface area contributed by atoms with Crippen LogP contribution in [0.15, 0.2) is 24.3 Å². The molecule has 0 heterocycles. The van der Waals surface area contributed by atoms with Crippen LogP contribution < -0.4 is 5.32 Å². The molecule has 3 heteroatoms. The second-order valence-electron chi connectivity index (χ2n) is 2.69. The average molecular weight is 192 g/mol. The summed E-state index contributed by atoms with van der Waals surface area (Å²) in [7, 11) is 0. The number of nitriles is 1. The van der Waals surface area contributed by atoms with E-state index in [0.29, 0.717) is 5.56 Å². The first-order chi connectivity index (χ1) is 6.36. The van der Waals surface area contributed by atoms with Crippen molar-refractivity contribution in [3.05, 3.63) is 29.8 Å². The SMILES string of the molecule is N#Cc1ccc(NCCCS)cc1. The van der Waals surface area contributed by atoms with Gasteiger partial charge in [0.1, 0.15) is 0 Å². The number of thiol groups is 1. The van der Waals surface area contributed by atoms with E-state index >= 15 is 0 Å². The Balaban J connectivity index is 2.46. The summed E-state index contributed by atoms with van der Waals surface area (Å²) in [5.41, 5.74) is 1.75. The molecule has 0 aliphatic heterocycles. The zero-order valence-corrected chi connectivity index (χ0v) is 8.22. The second-order valence-corrected chi connectivity index (χ2v) is 3.14. The minimum atomic E-state index is 0.694. The molecule has 1 rings (SSSR count). The quantitative estimate of drug-likeness (QED) is 0.567. The largest absolute Gasteiger partial charge is 0.385 e. The molecule has 0 amide bonds. The van der Waals surface area contributed by atoms with Gasteiger partial charge in [-0.3, -0.25) is 0 Å². The number of rotatable bonds is 4. The van der Waals surface area contributed by atoms with E-state index in [9.17, 15) is 0 Å². The minimum Gasteiger partial charge on any atom is -0.385 e. The molecule has 0 spiro atoms. The first-order valence-corrected chi connectivity index (χ1v) is 4.85. The first-order valence-electron chi connectivity index (χ1n) is 4.21. The maximum atomic E-state index is 8.56. The summed E-state index contributed by atoms with van der Waals surface area (Å²) in [6, 6.07) is 9.53. The van der Waals surface area contributed by atoms with E-state index in [1.54, 1.807) is 0 Å². The zero-order valence-electron chi connectivity index (χ0n) is 7.33. The van der Waals surface area contributed by atoms with Crippen molar-refractivity contribution in [1.29, 1.82) is 5.26 Å². The molecule has 0 aliphatic rings. The molecule has 0 fully saturated rings. The van der Waals surface area contributed by atoms with Gasteiger partial charge in [-0.25, -0.2) is 0 Å². The van der Waals surface area contributed by atoms with Gasteiger partial charge in [-0.2, -0.15) is 17.9 Å².